The summed E-state index contributed by atoms with van der Waals surface area (Å²) in [6.07, 6.45) is 2.28. The molecule has 2 heterocycles. The molecule has 3 nitrogen and oxygen atoms in total. The average molecular weight is 223 g/mol. The van der Waals surface area contributed by atoms with E-state index in [1.165, 1.54) is 0 Å². The van der Waals surface area contributed by atoms with Gasteiger partial charge in [0.05, 0.1) is 18.5 Å². The lowest BCUT2D eigenvalue weighted by molar-refractivity contribution is 0.0455. The van der Waals surface area contributed by atoms with Gasteiger partial charge in [0.15, 0.2) is 5.78 Å². The van der Waals surface area contributed by atoms with Crippen molar-refractivity contribution in [3.63, 3.8) is 0 Å². The van der Waals surface area contributed by atoms with Crippen molar-refractivity contribution in [3.05, 3.63) is 24.0 Å². The Hall–Kier alpha value is -0.870. The highest BCUT2D eigenvalue weighted by Crippen LogP contribution is 2.27. The highest BCUT2D eigenvalue weighted by molar-refractivity contribution is 8.00. The van der Waals surface area contributed by atoms with Crippen LogP contribution in [0.15, 0.2) is 23.2 Å². The third kappa shape index (κ3) is 2.58. The van der Waals surface area contributed by atoms with Gasteiger partial charge in [-0.15, -0.1) is 11.8 Å². The second-order valence-electron chi connectivity index (χ2n) is 3.43. The van der Waals surface area contributed by atoms with Gasteiger partial charge < -0.3 is 4.74 Å². The van der Waals surface area contributed by atoms with E-state index in [4.69, 9.17) is 4.74 Å². The molecule has 15 heavy (non-hydrogen) atoms. The standard InChI is InChI=1S/C11H13NO2S/c1-2-11(13)10-4-3-8(5-12-10)15-9-6-14-7-9/h3-5,9H,2,6-7H2,1H3. The Morgan fingerprint density at radius 3 is 2.87 bits per heavy atom. The molecule has 0 spiro atoms. The Balaban J connectivity index is 1.99. The van der Waals surface area contributed by atoms with Crippen molar-refractivity contribution >= 4 is 17.5 Å². The number of ketones is 1. The summed E-state index contributed by atoms with van der Waals surface area (Å²) in [5, 5.41) is 0.555. The summed E-state index contributed by atoms with van der Waals surface area (Å²) in [5.41, 5.74) is 0.562. The molecule has 0 radical (unpaired) electrons. The van der Waals surface area contributed by atoms with Crippen LogP contribution in [0.3, 0.4) is 0 Å². The molecular weight excluding hydrogens is 210 g/mol. The number of Topliss-reactive ketones (excluding diaryl/α,β-unsaturated/α-hetero) is 1. The van der Waals surface area contributed by atoms with E-state index in [0.717, 1.165) is 18.1 Å². The summed E-state index contributed by atoms with van der Waals surface area (Å²) in [6, 6.07) is 3.76. The van der Waals surface area contributed by atoms with Crippen LogP contribution in [0.5, 0.6) is 0 Å². The zero-order valence-electron chi connectivity index (χ0n) is 8.60. The summed E-state index contributed by atoms with van der Waals surface area (Å²) in [6.45, 7) is 3.49. The minimum absolute atomic E-state index is 0.0959. The molecule has 2 rings (SSSR count). The van der Waals surface area contributed by atoms with Crippen molar-refractivity contribution in [1.82, 2.24) is 4.98 Å². The Labute approximate surface area is 93.2 Å². The number of aromatic nitrogens is 1. The van der Waals surface area contributed by atoms with E-state index in [9.17, 15) is 4.79 Å². The quantitative estimate of drug-likeness (QED) is 0.733. The van der Waals surface area contributed by atoms with Crippen LogP contribution in [0.25, 0.3) is 0 Å². The molecule has 1 aliphatic heterocycles. The summed E-state index contributed by atoms with van der Waals surface area (Å²) in [5.74, 6) is 0.0959. The number of carbonyl (C=O) groups is 1. The highest BCUT2D eigenvalue weighted by Gasteiger charge is 2.19. The summed E-state index contributed by atoms with van der Waals surface area (Å²) >= 11 is 1.76. The van der Waals surface area contributed by atoms with Crippen LogP contribution in [-0.4, -0.2) is 29.2 Å². The third-order valence-corrected chi connectivity index (χ3v) is 3.37. The van der Waals surface area contributed by atoms with Gasteiger partial charge in [-0.2, -0.15) is 0 Å². The smallest absolute Gasteiger partial charge is 0.180 e. The Morgan fingerprint density at radius 1 is 1.60 bits per heavy atom. The van der Waals surface area contributed by atoms with E-state index in [2.05, 4.69) is 4.98 Å². The first kappa shape index (κ1) is 10.6. The lowest BCUT2D eigenvalue weighted by atomic mass is 10.2. The van der Waals surface area contributed by atoms with E-state index in [1.54, 1.807) is 24.0 Å². The molecule has 0 saturated carbocycles. The Morgan fingerprint density at radius 2 is 2.40 bits per heavy atom. The monoisotopic (exact) mass is 223 g/mol. The molecule has 1 aromatic heterocycles. The molecule has 0 atom stereocenters. The van der Waals surface area contributed by atoms with Crippen LogP contribution >= 0.6 is 11.8 Å². The number of nitrogens with zero attached hydrogens (tertiary/aromatic N) is 1. The lowest BCUT2D eigenvalue weighted by Gasteiger charge is -2.24. The summed E-state index contributed by atoms with van der Waals surface area (Å²) in [7, 11) is 0. The fourth-order valence-electron chi connectivity index (χ4n) is 1.27. The molecule has 0 aliphatic carbocycles. The largest absolute Gasteiger partial charge is 0.379 e. The van der Waals surface area contributed by atoms with Gasteiger partial charge in [0.2, 0.25) is 0 Å². The maximum atomic E-state index is 11.3. The average Bonchev–Trinajstić information content (AvgIpc) is 2.23. The second-order valence-corrected chi connectivity index (χ2v) is 4.81. The number of ether oxygens (including phenoxy) is 1. The van der Waals surface area contributed by atoms with Crippen molar-refractivity contribution in [2.45, 2.75) is 23.5 Å². The van der Waals surface area contributed by atoms with Gasteiger partial charge in [-0.3, -0.25) is 9.78 Å². The third-order valence-electron chi connectivity index (χ3n) is 2.25. The second kappa shape index (κ2) is 4.77. The molecule has 1 fully saturated rings. The number of carbonyl (C=O) groups excluding carboxylic acids is 1. The molecule has 0 aromatic carbocycles. The fourth-order valence-corrected chi connectivity index (χ4v) is 2.24. The first-order chi connectivity index (χ1) is 7.29. The van der Waals surface area contributed by atoms with Gasteiger partial charge in [0.25, 0.3) is 0 Å². The summed E-state index contributed by atoms with van der Waals surface area (Å²) in [4.78, 5) is 16.6. The molecule has 0 amide bonds. The van der Waals surface area contributed by atoms with E-state index in [-0.39, 0.29) is 5.78 Å². The molecule has 4 heteroatoms. The van der Waals surface area contributed by atoms with Crippen molar-refractivity contribution in [1.29, 1.82) is 0 Å². The first-order valence-corrected chi connectivity index (χ1v) is 5.91. The van der Waals surface area contributed by atoms with Crippen molar-refractivity contribution in [2.24, 2.45) is 0 Å². The fraction of sp³-hybridized carbons (Fsp3) is 0.455. The minimum Gasteiger partial charge on any atom is -0.379 e. The highest BCUT2D eigenvalue weighted by atomic mass is 32.2. The maximum absolute atomic E-state index is 11.3. The Kier molecular flexibility index (Phi) is 3.38. The zero-order chi connectivity index (χ0) is 10.7. The van der Waals surface area contributed by atoms with E-state index >= 15 is 0 Å². The minimum atomic E-state index is 0.0959. The van der Waals surface area contributed by atoms with E-state index in [0.29, 0.717) is 17.4 Å². The topological polar surface area (TPSA) is 39.2 Å². The maximum Gasteiger partial charge on any atom is 0.180 e. The predicted octanol–water partition coefficient (Wildman–Crippen LogP) is 2.17. The number of hydrogen-bond donors (Lipinski definition) is 0. The molecule has 0 bridgehead atoms. The van der Waals surface area contributed by atoms with Crippen LogP contribution in [0, 0.1) is 0 Å². The van der Waals surface area contributed by atoms with Crippen LogP contribution in [-0.2, 0) is 4.74 Å². The number of thioether (sulfide) groups is 1. The molecule has 1 aliphatic rings. The molecule has 80 valence electrons. The van der Waals surface area contributed by atoms with Gasteiger partial charge in [-0.25, -0.2) is 0 Å². The van der Waals surface area contributed by atoms with E-state index in [1.807, 2.05) is 13.0 Å². The van der Waals surface area contributed by atoms with Crippen LogP contribution < -0.4 is 0 Å². The normalized spacial score (nSPS) is 16.1. The SMILES string of the molecule is CCC(=O)c1ccc(SC2COC2)cn1. The first-order valence-electron chi connectivity index (χ1n) is 5.03. The van der Waals surface area contributed by atoms with Crippen LogP contribution in [0.4, 0.5) is 0 Å². The number of hydrogen-bond acceptors (Lipinski definition) is 4. The van der Waals surface area contributed by atoms with Crippen LogP contribution in [0.2, 0.25) is 0 Å². The van der Waals surface area contributed by atoms with Gasteiger partial charge in [-0.05, 0) is 12.1 Å². The van der Waals surface area contributed by atoms with Gasteiger partial charge in [0, 0.05) is 17.5 Å². The van der Waals surface area contributed by atoms with Crippen molar-refractivity contribution < 1.29 is 9.53 Å². The number of pyridine rings is 1. The van der Waals surface area contributed by atoms with Gasteiger partial charge in [-0.1, -0.05) is 6.92 Å². The molecular formula is C11H13NO2S. The number of rotatable bonds is 4. The van der Waals surface area contributed by atoms with Crippen molar-refractivity contribution in [2.75, 3.05) is 13.2 Å². The zero-order valence-corrected chi connectivity index (χ0v) is 9.42. The van der Waals surface area contributed by atoms with Gasteiger partial charge >= 0.3 is 0 Å². The lowest BCUT2D eigenvalue weighted by Crippen LogP contribution is -2.30. The molecule has 1 saturated heterocycles. The van der Waals surface area contributed by atoms with Gasteiger partial charge in [0.1, 0.15) is 5.69 Å². The molecule has 0 unspecified atom stereocenters. The van der Waals surface area contributed by atoms with Crippen molar-refractivity contribution in [3.8, 4) is 0 Å². The predicted molar refractivity (Wildman–Crippen MR) is 59.3 cm³/mol. The molecule has 0 N–H and O–H groups in total. The van der Waals surface area contributed by atoms with E-state index < -0.39 is 0 Å². The Bertz CT molecular complexity index is 346. The summed E-state index contributed by atoms with van der Waals surface area (Å²) < 4.78 is 5.09. The molecule has 1 aromatic rings. The van der Waals surface area contributed by atoms with Crippen LogP contribution in [0.1, 0.15) is 23.8 Å².